The Morgan fingerprint density at radius 1 is 1.25 bits per heavy atom. The molecule has 0 bridgehead atoms. The highest BCUT2D eigenvalue weighted by Gasteiger charge is 2.36. The fourth-order valence-electron chi connectivity index (χ4n) is 4.83. The van der Waals surface area contributed by atoms with Gasteiger partial charge in [0.25, 0.3) is 5.91 Å². The average Bonchev–Trinajstić information content (AvgIpc) is 2.68. The third-order valence-electron chi connectivity index (χ3n) is 6.10. The molecular weight excluding hydrogens is 418 g/mol. The second kappa shape index (κ2) is 9.38. The molecule has 1 N–H and O–H groups in total. The van der Waals surface area contributed by atoms with Gasteiger partial charge in [0.05, 0.1) is 0 Å². The van der Waals surface area contributed by atoms with Gasteiger partial charge in [-0.2, -0.15) is 5.26 Å². The first-order valence-corrected chi connectivity index (χ1v) is 11.6. The van der Waals surface area contributed by atoms with Crippen LogP contribution in [0.3, 0.4) is 0 Å². The van der Waals surface area contributed by atoms with Gasteiger partial charge in [0.1, 0.15) is 11.6 Å². The standard InChI is InChI=1S/C27H32ClN3O/c1-7-8-31-25-14-24(28)20(13-23(25)19(4)15-27(31,5)6)12-21(16-29)26(32)30-22-10-17(2)9-18(3)11-22/h9-14,19H,7-8,15H2,1-6H3,(H,30,32)/b21-12+. The SMILES string of the molecule is CCCN1c2cc(Cl)c(/C=C(\C#N)C(=O)Nc3cc(C)cc(C)c3)cc2C(C)CC1(C)C. The molecule has 0 aliphatic carbocycles. The molecule has 5 heteroatoms. The van der Waals surface area contributed by atoms with Crippen LogP contribution in [0.2, 0.25) is 5.02 Å². The lowest BCUT2D eigenvalue weighted by atomic mass is 9.79. The van der Waals surface area contributed by atoms with Gasteiger partial charge in [0.15, 0.2) is 0 Å². The number of amides is 1. The van der Waals surface area contributed by atoms with Crippen molar-refractivity contribution in [3.8, 4) is 6.07 Å². The Labute approximate surface area is 196 Å². The molecule has 1 amide bonds. The van der Waals surface area contributed by atoms with Crippen LogP contribution in [0.15, 0.2) is 35.9 Å². The predicted octanol–water partition coefficient (Wildman–Crippen LogP) is 7.00. The number of aryl methyl sites for hydroxylation is 2. The van der Waals surface area contributed by atoms with Crippen LogP contribution in [0.4, 0.5) is 11.4 Å². The maximum absolute atomic E-state index is 12.8. The molecule has 0 radical (unpaired) electrons. The Hall–Kier alpha value is -2.77. The van der Waals surface area contributed by atoms with Gasteiger partial charge in [-0.3, -0.25) is 4.79 Å². The molecule has 168 valence electrons. The van der Waals surface area contributed by atoms with Crippen LogP contribution < -0.4 is 10.2 Å². The van der Waals surface area contributed by atoms with E-state index in [-0.39, 0.29) is 11.1 Å². The van der Waals surface area contributed by atoms with Crippen molar-refractivity contribution >= 4 is 35.0 Å². The molecule has 0 saturated carbocycles. The lowest BCUT2D eigenvalue weighted by Gasteiger charge is -2.47. The Morgan fingerprint density at radius 2 is 1.91 bits per heavy atom. The van der Waals surface area contributed by atoms with Crippen molar-refractivity contribution in [3.63, 3.8) is 0 Å². The number of hydrogen-bond acceptors (Lipinski definition) is 3. The highest BCUT2D eigenvalue weighted by molar-refractivity contribution is 6.32. The molecule has 3 rings (SSSR count). The molecular formula is C27H32ClN3O. The monoisotopic (exact) mass is 449 g/mol. The number of carbonyl (C=O) groups excluding carboxylic acids is 1. The van der Waals surface area contributed by atoms with E-state index in [1.165, 1.54) is 5.56 Å². The summed E-state index contributed by atoms with van der Waals surface area (Å²) in [6.45, 7) is 13.9. The highest BCUT2D eigenvalue weighted by atomic mass is 35.5. The maximum Gasteiger partial charge on any atom is 0.266 e. The number of nitriles is 1. The van der Waals surface area contributed by atoms with Gasteiger partial charge in [-0.15, -0.1) is 0 Å². The van der Waals surface area contributed by atoms with E-state index in [0.29, 0.717) is 22.2 Å². The second-order valence-electron chi connectivity index (χ2n) is 9.50. The van der Waals surface area contributed by atoms with Gasteiger partial charge in [0, 0.05) is 28.5 Å². The third-order valence-corrected chi connectivity index (χ3v) is 6.42. The largest absolute Gasteiger partial charge is 0.366 e. The quantitative estimate of drug-likeness (QED) is 0.394. The van der Waals surface area contributed by atoms with Crippen LogP contribution in [0.25, 0.3) is 6.08 Å². The lowest BCUT2D eigenvalue weighted by molar-refractivity contribution is -0.112. The molecule has 0 spiro atoms. The zero-order valence-corrected chi connectivity index (χ0v) is 20.6. The molecule has 1 atom stereocenters. The van der Waals surface area contributed by atoms with Crippen molar-refractivity contribution in [2.75, 3.05) is 16.8 Å². The number of nitrogens with one attached hydrogen (secondary N) is 1. The van der Waals surface area contributed by atoms with Gasteiger partial charge in [0.2, 0.25) is 0 Å². The summed E-state index contributed by atoms with van der Waals surface area (Å²) in [5.74, 6) is -0.0831. The first kappa shape index (κ1) is 23.9. The van der Waals surface area contributed by atoms with Gasteiger partial charge < -0.3 is 10.2 Å². The van der Waals surface area contributed by atoms with Crippen LogP contribution in [0.5, 0.6) is 0 Å². The molecule has 1 unspecified atom stereocenters. The van der Waals surface area contributed by atoms with Crippen molar-refractivity contribution in [2.24, 2.45) is 0 Å². The van der Waals surface area contributed by atoms with Gasteiger partial charge >= 0.3 is 0 Å². The minimum absolute atomic E-state index is 0.0280. The molecule has 4 nitrogen and oxygen atoms in total. The summed E-state index contributed by atoms with van der Waals surface area (Å²) >= 11 is 6.66. The zero-order chi connectivity index (χ0) is 23.6. The smallest absolute Gasteiger partial charge is 0.266 e. The van der Waals surface area contributed by atoms with Crippen molar-refractivity contribution < 1.29 is 4.79 Å². The van der Waals surface area contributed by atoms with E-state index < -0.39 is 5.91 Å². The molecule has 2 aromatic carbocycles. The number of carbonyl (C=O) groups is 1. The van der Waals surface area contributed by atoms with Crippen molar-refractivity contribution in [3.05, 3.63) is 63.2 Å². The van der Waals surface area contributed by atoms with Crippen molar-refractivity contribution in [1.29, 1.82) is 5.26 Å². The molecule has 1 aliphatic heterocycles. The fourth-order valence-corrected chi connectivity index (χ4v) is 5.04. The van der Waals surface area contributed by atoms with Crippen LogP contribution in [-0.2, 0) is 4.79 Å². The fraction of sp³-hybridized carbons (Fsp3) is 0.407. The van der Waals surface area contributed by atoms with Gasteiger partial charge in [-0.1, -0.05) is 31.5 Å². The summed E-state index contributed by atoms with van der Waals surface area (Å²) in [5.41, 5.74) is 5.91. The summed E-state index contributed by atoms with van der Waals surface area (Å²) in [4.78, 5) is 15.2. The van der Waals surface area contributed by atoms with Crippen LogP contribution in [-0.4, -0.2) is 18.0 Å². The Kier molecular flexibility index (Phi) is 7.00. The molecule has 0 saturated heterocycles. The van der Waals surface area contributed by atoms with E-state index >= 15 is 0 Å². The minimum atomic E-state index is -0.437. The van der Waals surface area contributed by atoms with Crippen molar-refractivity contribution in [2.45, 2.75) is 65.8 Å². The molecule has 2 aromatic rings. The molecule has 1 aliphatic rings. The van der Waals surface area contributed by atoms with E-state index in [4.69, 9.17) is 11.6 Å². The predicted molar refractivity (Wildman–Crippen MR) is 134 cm³/mol. The van der Waals surface area contributed by atoms with E-state index in [1.807, 2.05) is 50.2 Å². The lowest BCUT2D eigenvalue weighted by Crippen LogP contribution is -2.48. The summed E-state index contributed by atoms with van der Waals surface area (Å²) in [6, 6.07) is 11.9. The van der Waals surface area contributed by atoms with Gasteiger partial charge in [-0.25, -0.2) is 0 Å². The second-order valence-corrected chi connectivity index (χ2v) is 9.91. The molecule has 0 fully saturated rings. The third kappa shape index (κ3) is 5.00. The summed E-state index contributed by atoms with van der Waals surface area (Å²) < 4.78 is 0. The first-order chi connectivity index (χ1) is 15.1. The Morgan fingerprint density at radius 3 is 2.50 bits per heavy atom. The number of hydrogen-bond donors (Lipinski definition) is 1. The molecule has 1 heterocycles. The molecule has 32 heavy (non-hydrogen) atoms. The Balaban J connectivity index is 1.97. The Bertz CT molecular complexity index is 1090. The number of benzene rings is 2. The summed E-state index contributed by atoms with van der Waals surface area (Å²) in [5, 5.41) is 13.1. The summed E-state index contributed by atoms with van der Waals surface area (Å²) in [7, 11) is 0. The van der Waals surface area contributed by atoms with E-state index in [1.54, 1.807) is 6.08 Å². The van der Waals surface area contributed by atoms with Crippen LogP contribution in [0, 0.1) is 25.2 Å². The average molecular weight is 450 g/mol. The summed E-state index contributed by atoms with van der Waals surface area (Å²) in [6.07, 6.45) is 3.67. The highest BCUT2D eigenvalue weighted by Crippen LogP contribution is 2.45. The maximum atomic E-state index is 12.8. The van der Waals surface area contributed by atoms with Crippen LogP contribution in [0.1, 0.15) is 68.7 Å². The minimum Gasteiger partial charge on any atom is -0.366 e. The normalized spacial score (nSPS) is 17.5. The number of nitrogens with zero attached hydrogens (tertiary/aromatic N) is 2. The number of rotatable bonds is 5. The van der Waals surface area contributed by atoms with Crippen LogP contribution >= 0.6 is 11.6 Å². The zero-order valence-electron chi connectivity index (χ0n) is 19.8. The van der Waals surface area contributed by atoms with E-state index in [9.17, 15) is 10.1 Å². The number of anilines is 2. The van der Waals surface area contributed by atoms with Gasteiger partial charge in [-0.05, 0) is 99.0 Å². The van der Waals surface area contributed by atoms with E-state index in [2.05, 4.69) is 37.9 Å². The number of halogens is 1. The molecule has 0 aromatic heterocycles. The van der Waals surface area contributed by atoms with E-state index in [0.717, 1.165) is 36.2 Å². The van der Waals surface area contributed by atoms with Crippen molar-refractivity contribution in [1.82, 2.24) is 0 Å². The number of fused-ring (bicyclic) bond motifs is 1. The first-order valence-electron chi connectivity index (χ1n) is 11.2. The topological polar surface area (TPSA) is 56.1 Å².